The minimum Gasteiger partial charge on any atom is -0.310 e. The number of hydrogen-bond acceptors (Lipinski definition) is 1. The number of fused-ring (bicyclic) bond motifs is 7. The highest BCUT2D eigenvalue weighted by atomic mass is 15.1. The molecule has 0 radical (unpaired) electrons. The van der Waals surface area contributed by atoms with Gasteiger partial charge in [-0.15, -0.1) is 0 Å². The maximum Gasteiger partial charge on any atom is 0.0546 e. The molecule has 0 aliphatic heterocycles. The second-order valence-corrected chi connectivity index (χ2v) is 19.8. The Morgan fingerprint density at radius 1 is 0.365 bits per heavy atom. The van der Waals surface area contributed by atoms with Crippen LogP contribution in [0.15, 0.2) is 194 Å². The van der Waals surface area contributed by atoms with Crippen LogP contribution in [0.3, 0.4) is 0 Å². The van der Waals surface area contributed by atoms with Crippen LogP contribution in [0.25, 0.3) is 66.4 Å². The second kappa shape index (κ2) is 14.3. The monoisotopic (exact) mass is 811 g/mol. The Kier molecular flexibility index (Phi) is 8.83. The summed E-state index contributed by atoms with van der Waals surface area (Å²) < 4.78 is 0. The molecule has 9 aromatic carbocycles. The summed E-state index contributed by atoms with van der Waals surface area (Å²) in [5, 5.41) is 2.47. The first-order chi connectivity index (χ1) is 30.4. The van der Waals surface area contributed by atoms with Gasteiger partial charge in [-0.25, -0.2) is 0 Å². The van der Waals surface area contributed by atoms with Gasteiger partial charge in [0.2, 0.25) is 0 Å². The SMILES string of the molecule is CC(C)(C)c1ccc(-c2ccc(-c3ccc(N(c4ccc5c(c4)-c4ccccc4C5(C)C)c4ccc5ccccc5c4-c4cccc5c4-c4ccccc4C5(C)C)cc3)cc2)cc1. The molecule has 0 spiro atoms. The first-order valence-electron chi connectivity index (χ1n) is 22.5. The fourth-order valence-corrected chi connectivity index (χ4v) is 10.8. The zero-order valence-corrected chi connectivity index (χ0v) is 37.4. The highest BCUT2D eigenvalue weighted by Gasteiger charge is 2.38. The molecule has 9 aromatic rings. The molecule has 0 bridgehead atoms. The molecule has 0 unspecified atom stereocenters. The van der Waals surface area contributed by atoms with E-state index in [0.717, 1.165) is 17.1 Å². The van der Waals surface area contributed by atoms with Crippen LogP contribution in [-0.4, -0.2) is 0 Å². The Balaban J connectivity index is 1.09. The molecule has 0 saturated heterocycles. The van der Waals surface area contributed by atoms with E-state index < -0.39 is 0 Å². The summed E-state index contributed by atoms with van der Waals surface area (Å²) in [7, 11) is 0. The van der Waals surface area contributed by atoms with Gasteiger partial charge in [-0.1, -0.05) is 212 Å². The third-order valence-electron chi connectivity index (χ3n) is 14.3. The van der Waals surface area contributed by atoms with Crippen molar-refractivity contribution >= 4 is 27.8 Å². The lowest BCUT2D eigenvalue weighted by atomic mass is 9.81. The van der Waals surface area contributed by atoms with Crippen LogP contribution in [-0.2, 0) is 16.2 Å². The maximum absolute atomic E-state index is 2.51. The highest BCUT2D eigenvalue weighted by Crippen LogP contribution is 2.56. The molecule has 2 aliphatic carbocycles. The molecule has 0 saturated carbocycles. The Hall–Kier alpha value is -6.96. The minimum atomic E-state index is -0.114. The third kappa shape index (κ3) is 6.20. The molecule has 0 atom stereocenters. The fourth-order valence-electron chi connectivity index (χ4n) is 10.8. The van der Waals surface area contributed by atoms with Crippen molar-refractivity contribution in [2.75, 3.05) is 4.90 Å². The molecule has 0 fully saturated rings. The minimum absolute atomic E-state index is 0.0821. The van der Waals surface area contributed by atoms with Crippen LogP contribution < -0.4 is 4.90 Å². The number of benzene rings is 9. The van der Waals surface area contributed by atoms with E-state index in [0.29, 0.717) is 0 Å². The van der Waals surface area contributed by atoms with Crippen molar-refractivity contribution in [3.8, 4) is 55.6 Å². The molecule has 306 valence electrons. The fraction of sp³-hybridized carbons (Fsp3) is 0.161. The van der Waals surface area contributed by atoms with Crippen LogP contribution in [0, 0.1) is 0 Å². The molecule has 0 aromatic heterocycles. The van der Waals surface area contributed by atoms with E-state index in [1.165, 1.54) is 94.2 Å². The zero-order valence-electron chi connectivity index (χ0n) is 37.4. The van der Waals surface area contributed by atoms with Crippen LogP contribution in [0.4, 0.5) is 17.1 Å². The van der Waals surface area contributed by atoms with Crippen molar-refractivity contribution < 1.29 is 0 Å². The van der Waals surface area contributed by atoms with Gasteiger partial charge in [0.1, 0.15) is 0 Å². The predicted octanol–water partition coefficient (Wildman–Crippen LogP) is 17.2. The molecule has 11 rings (SSSR count). The molecule has 0 N–H and O–H groups in total. The molecule has 63 heavy (non-hydrogen) atoms. The van der Waals surface area contributed by atoms with Gasteiger partial charge in [0, 0.05) is 27.8 Å². The van der Waals surface area contributed by atoms with Crippen molar-refractivity contribution in [2.24, 2.45) is 0 Å². The lowest BCUT2D eigenvalue weighted by Gasteiger charge is -2.30. The molecular weight excluding hydrogens is 759 g/mol. The summed E-state index contributed by atoms with van der Waals surface area (Å²) in [5.41, 5.74) is 22.9. The van der Waals surface area contributed by atoms with E-state index >= 15 is 0 Å². The van der Waals surface area contributed by atoms with Crippen molar-refractivity contribution in [3.05, 3.63) is 222 Å². The van der Waals surface area contributed by atoms with Gasteiger partial charge >= 0.3 is 0 Å². The number of rotatable bonds is 6. The summed E-state index contributed by atoms with van der Waals surface area (Å²) in [5.74, 6) is 0. The normalized spacial score (nSPS) is 14.2. The van der Waals surface area contributed by atoms with Crippen LogP contribution in [0.2, 0.25) is 0 Å². The topological polar surface area (TPSA) is 3.24 Å². The molecule has 2 aliphatic rings. The van der Waals surface area contributed by atoms with Crippen molar-refractivity contribution in [1.82, 2.24) is 0 Å². The summed E-state index contributed by atoms with van der Waals surface area (Å²) >= 11 is 0. The van der Waals surface area contributed by atoms with Crippen molar-refractivity contribution in [2.45, 2.75) is 64.7 Å². The number of anilines is 3. The molecule has 0 heterocycles. The average molecular weight is 812 g/mol. The molecule has 0 amide bonds. The van der Waals surface area contributed by atoms with Gasteiger partial charge in [0.05, 0.1) is 5.69 Å². The lowest BCUT2D eigenvalue weighted by Crippen LogP contribution is -2.16. The maximum atomic E-state index is 2.51. The second-order valence-electron chi connectivity index (χ2n) is 19.8. The van der Waals surface area contributed by atoms with Crippen LogP contribution in [0.5, 0.6) is 0 Å². The highest BCUT2D eigenvalue weighted by molar-refractivity contribution is 6.09. The Morgan fingerprint density at radius 3 is 1.52 bits per heavy atom. The number of nitrogens with zero attached hydrogens (tertiary/aromatic N) is 1. The Bertz CT molecular complexity index is 3230. The van der Waals surface area contributed by atoms with Gasteiger partial charge in [-0.3, -0.25) is 0 Å². The van der Waals surface area contributed by atoms with Crippen LogP contribution >= 0.6 is 0 Å². The first-order valence-corrected chi connectivity index (χ1v) is 22.5. The predicted molar refractivity (Wildman–Crippen MR) is 269 cm³/mol. The van der Waals surface area contributed by atoms with E-state index in [2.05, 4.69) is 247 Å². The van der Waals surface area contributed by atoms with E-state index in [9.17, 15) is 0 Å². The molecular formula is C62H53N. The van der Waals surface area contributed by atoms with E-state index in [1.807, 2.05) is 0 Å². The van der Waals surface area contributed by atoms with Gasteiger partial charge in [0.15, 0.2) is 0 Å². The summed E-state index contributed by atoms with van der Waals surface area (Å²) in [6.45, 7) is 16.3. The average Bonchev–Trinajstić information content (AvgIpc) is 3.68. The molecule has 1 heteroatoms. The van der Waals surface area contributed by atoms with Gasteiger partial charge < -0.3 is 4.90 Å². The van der Waals surface area contributed by atoms with Crippen LogP contribution in [0.1, 0.15) is 76.3 Å². The smallest absolute Gasteiger partial charge is 0.0546 e. The van der Waals surface area contributed by atoms with Gasteiger partial charge in [0.25, 0.3) is 0 Å². The molecule has 1 nitrogen and oxygen atoms in total. The summed E-state index contributed by atoms with van der Waals surface area (Å²) in [6, 6.07) is 73.0. The lowest BCUT2D eigenvalue weighted by molar-refractivity contribution is 0.590. The third-order valence-corrected chi connectivity index (χ3v) is 14.3. The Labute approximate surface area is 373 Å². The van der Waals surface area contributed by atoms with Gasteiger partial charge in [-0.05, 0) is 124 Å². The van der Waals surface area contributed by atoms with E-state index in [1.54, 1.807) is 0 Å². The zero-order chi connectivity index (χ0) is 43.3. The Morgan fingerprint density at radius 2 is 0.857 bits per heavy atom. The standard InChI is InChI=1S/C62H53N/c1-60(2,3)45-32-27-42(28-33-45)40-23-25-41(26-24-40)43-29-34-46(35-30-43)63(47-36-37-55-52(39-47)49-17-10-12-20-53(49)61(55,4)5)57-38-31-44-15-8-9-16-48(44)59(57)51-19-14-22-56-58(51)50-18-11-13-21-54(50)62(56,6)7/h8-39H,1-7H3. The quantitative estimate of drug-likeness (QED) is 0.162. The van der Waals surface area contributed by atoms with Crippen molar-refractivity contribution in [1.29, 1.82) is 0 Å². The van der Waals surface area contributed by atoms with Gasteiger partial charge in [-0.2, -0.15) is 0 Å². The van der Waals surface area contributed by atoms with E-state index in [-0.39, 0.29) is 16.2 Å². The summed E-state index contributed by atoms with van der Waals surface area (Å²) in [4.78, 5) is 2.51. The van der Waals surface area contributed by atoms with Crippen molar-refractivity contribution in [3.63, 3.8) is 0 Å². The largest absolute Gasteiger partial charge is 0.310 e. The number of hydrogen-bond donors (Lipinski definition) is 0. The first kappa shape index (κ1) is 38.9. The van der Waals surface area contributed by atoms with E-state index in [4.69, 9.17) is 0 Å². The summed E-state index contributed by atoms with van der Waals surface area (Å²) in [6.07, 6.45) is 0.